The van der Waals surface area contributed by atoms with Crippen molar-refractivity contribution in [3.05, 3.63) is 75.8 Å². The molecule has 0 aliphatic carbocycles. The van der Waals surface area contributed by atoms with Gasteiger partial charge in [-0.1, -0.05) is 17.7 Å². The first-order valence-electron chi connectivity index (χ1n) is 10.1. The molecule has 0 saturated carbocycles. The minimum Gasteiger partial charge on any atom is -0.497 e. The van der Waals surface area contributed by atoms with Gasteiger partial charge in [-0.15, -0.1) is 0 Å². The third-order valence-electron chi connectivity index (χ3n) is 4.93. The van der Waals surface area contributed by atoms with E-state index in [0.717, 1.165) is 4.90 Å². The number of thioether (sulfide) groups is 1. The van der Waals surface area contributed by atoms with Gasteiger partial charge in [-0.25, -0.2) is 4.79 Å². The lowest BCUT2D eigenvalue weighted by atomic mass is 10.1. The zero-order valence-electron chi connectivity index (χ0n) is 18.1. The van der Waals surface area contributed by atoms with Gasteiger partial charge in [0.25, 0.3) is 11.1 Å². The minimum atomic E-state index is -1.14. The third-order valence-corrected chi connectivity index (χ3v) is 6.15. The highest BCUT2D eigenvalue weighted by molar-refractivity contribution is 8.18. The maximum Gasteiger partial charge on any atom is 0.337 e. The Kier molecular flexibility index (Phi) is 6.94. The largest absolute Gasteiger partial charge is 0.497 e. The number of carboxylic acid groups (broad SMARTS) is 1. The first-order chi connectivity index (χ1) is 16.7. The molecular formula is C24H17ClN2O7S. The molecule has 1 aromatic heterocycles. The van der Waals surface area contributed by atoms with Crippen molar-refractivity contribution >= 4 is 58.1 Å². The average molecular weight is 513 g/mol. The van der Waals surface area contributed by atoms with Gasteiger partial charge in [-0.05, 0) is 60.3 Å². The molecule has 2 heterocycles. The van der Waals surface area contributed by atoms with Crippen molar-refractivity contribution in [1.82, 2.24) is 4.90 Å². The molecule has 1 aliphatic heterocycles. The van der Waals surface area contributed by atoms with E-state index < -0.39 is 29.6 Å². The maximum absolute atomic E-state index is 12.7. The van der Waals surface area contributed by atoms with Crippen LogP contribution in [-0.2, 0) is 9.59 Å². The lowest BCUT2D eigenvalue weighted by Crippen LogP contribution is -2.36. The van der Waals surface area contributed by atoms with Crippen LogP contribution in [-0.4, -0.2) is 46.7 Å². The van der Waals surface area contributed by atoms with E-state index in [2.05, 4.69) is 5.32 Å². The van der Waals surface area contributed by atoms with E-state index in [1.54, 1.807) is 42.5 Å². The second kappa shape index (κ2) is 10.1. The van der Waals surface area contributed by atoms with Gasteiger partial charge in [0.1, 0.15) is 23.8 Å². The number of hydrogen-bond donors (Lipinski definition) is 2. The summed E-state index contributed by atoms with van der Waals surface area (Å²) < 4.78 is 10.8. The Morgan fingerprint density at radius 2 is 1.89 bits per heavy atom. The van der Waals surface area contributed by atoms with Crippen molar-refractivity contribution in [1.29, 1.82) is 0 Å². The van der Waals surface area contributed by atoms with E-state index in [1.807, 2.05) is 0 Å². The van der Waals surface area contributed by atoms with Crippen LogP contribution in [0.3, 0.4) is 0 Å². The standard InChI is InChI=1S/C24H17ClN2O7S/c1-33-15-5-3-14(4-6-15)26-21(28)12-27-22(29)20(35-24(27)32)11-16-7-9-19(34-16)13-2-8-17(23(30)31)18(25)10-13/h2-11H,12H2,1H3,(H,26,28)(H,30,31)/b20-11-. The number of carboxylic acids is 1. The quantitative estimate of drug-likeness (QED) is 0.424. The fourth-order valence-corrected chi connectivity index (χ4v) is 4.29. The molecule has 2 N–H and O–H groups in total. The molecule has 1 aliphatic rings. The molecule has 1 fully saturated rings. The van der Waals surface area contributed by atoms with Gasteiger partial charge < -0.3 is 19.6 Å². The van der Waals surface area contributed by atoms with E-state index in [-0.39, 0.29) is 15.5 Å². The topological polar surface area (TPSA) is 126 Å². The Labute approximate surface area is 208 Å². The Morgan fingerprint density at radius 1 is 1.14 bits per heavy atom. The van der Waals surface area contributed by atoms with Crippen molar-refractivity contribution in [2.45, 2.75) is 0 Å². The van der Waals surface area contributed by atoms with Crippen LogP contribution >= 0.6 is 23.4 Å². The van der Waals surface area contributed by atoms with Crippen LogP contribution in [0.5, 0.6) is 5.75 Å². The van der Waals surface area contributed by atoms with Crippen LogP contribution in [0.2, 0.25) is 5.02 Å². The molecule has 0 atom stereocenters. The fourth-order valence-electron chi connectivity index (χ4n) is 3.21. The molecule has 0 bridgehead atoms. The van der Waals surface area contributed by atoms with Crippen LogP contribution in [0.4, 0.5) is 10.5 Å². The first-order valence-corrected chi connectivity index (χ1v) is 11.3. The molecule has 0 radical (unpaired) electrons. The molecule has 2 aromatic carbocycles. The summed E-state index contributed by atoms with van der Waals surface area (Å²) in [5.41, 5.74) is 1.01. The van der Waals surface area contributed by atoms with Gasteiger partial charge >= 0.3 is 5.97 Å². The van der Waals surface area contributed by atoms with Crippen LogP contribution in [0.1, 0.15) is 16.1 Å². The zero-order valence-corrected chi connectivity index (χ0v) is 19.7. The van der Waals surface area contributed by atoms with Crippen LogP contribution in [0.15, 0.2) is 63.9 Å². The summed E-state index contributed by atoms with van der Waals surface area (Å²) in [5, 5.41) is 11.2. The highest BCUT2D eigenvalue weighted by atomic mass is 35.5. The number of hydrogen-bond acceptors (Lipinski definition) is 7. The number of carbonyl (C=O) groups excluding carboxylic acids is 3. The van der Waals surface area contributed by atoms with Gasteiger partial charge in [-0.3, -0.25) is 19.3 Å². The SMILES string of the molecule is COc1ccc(NC(=O)CN2C(=O)S/C(=C\c3ccc(-c4ccc(C(=O)O)c(Cl)c4)o3)C2=O)cc1. The number of methoxy groups -OCH3 is 1. The number of ether oxygens (including phenoxy) is 1. The van der Waals surface area contributed by atoms with E-state index in [1.165, 1.54) is 25.3 Å². The molecule has 0 spiro atoms. The van der Waals surface area contributed by atoms with E-state index in [9.17, 15) is 19.2 Å². The molecule has 11 heteroatoms. The van der Waals surface area contributed by atoms with Gasteiger partial charge in [0.2, 0.25) is 5.91 Å². The minimum absolute atomic E-state index is 0.0353. The molecule has 178 valence electrons. The second-order valence-electron chi connectivity index (χ2n) is 7.25. The summed E-state index contributed by atoms with van der Waals surface area (Å²) in [5.74, 6) is -0.965. The van der Waals surface area contributed by atoms with Gasteiger partial charge in [-0.2, -0.15) is 0 Å². The van der Waals surface area contributed by atoms with Crippen molar-refractivity contribution < 1.29 is 33.4 Å². The third kappa shape index (κ3) is 5.39. The number of rotatable bonds is 7. The summed E-state index contributed by atoms with van der Waals surface area (Å²) in [6.07, 6.45) is 1.41. The van der Waals surface area contributed by atoms with Crippen LogP contribution < -0.4 is 10.1 Å². The number of anilines is 1. The van der Waals surface area contributed by atoms with Crippen LogP contribution in [0, 0.1) is 0 Å². The van der Waals surface area contributed by atoms with E-state index >= 15 is 0 Å². The molecule has 3 aromatic rings. The summed E-state index contributed by atoms with van der Waals surface area (Å²) in [4.78, 5) is 49.5. The Morgan fingerprint density at radius 3 is 2.54 bits per heavy atom. The molecule has 3 amide bonds. The van der Waals surface area contributed by atoms with E-state index in [0.29, 0.717) is 40.3 Å². The zero-order chi connectivity index (χ0) is 25.1. The van der Waals surface area contributed by atoms with Crippen molar-refractivity contribution in [2.24, 2.45) is 0 Å². The second-order valence-corrected chi connectivity index (χ2v) is 8.65. The number of carbonyl (C=O) groups is 4. The van der Waals surface area contributed by atoms with E-state index in [4.69, 9.17) is 25.9 Å². The lowest BCUT2D eigenvalue weighted by Gasteiger charge is -2.12. The summed E-state index contributed by atoms with van der Waals surface area (Å²) >= 11 is 6.71. The number of furan rings is 1. The predicted molar refractivity (Wildman–Crippen MR) is 130 cm³/mol. The number of nitrogens with zero attached hydrogens (tertiary/aromatic N) is 1. The van der Waals surface area contributed by atoms with Crippen molar-refractivity contribution in [3.8, 4) is 17.1 Å². The highest BCUT2D eigenvalue weighted by Gasteiger charge is 2.36. The number of imide groups is 1. The number of benzene rings is 2. The molecule has 0 unspecified atom stereocenters. The Bertz CT molecular complexity index is 1360. The number of amides is 3. The highest BCUT2D eigenvalue weighted by Crippen LogP contribution is 2.34. The molecule has 1 saturated heterocycles. The van der Waals surface area contributed by atoms with Gasteiger partial charge in [0.15, 0.2) is 0 Å². The monoisotopic (exact) mass is 512 g/mol. The maximum atomic E-state index is 12.7. The Balaban J connectivity index is 1.44. The van der Waals surface area contributed by atoms with Gasteiger partial charge in [0, 0.05) is 17.3 Å². The smallest absolute Gasteiger partial charge is 0.337 e. The van der Waals surface area contributed by atoms with Crippen LogP contribution in [0.25, 0.3) is 17.4 Å². The number of halogens is 1. The number of nitrogens with one attached hydrogen (secondary N) is 1. The molecule has 4 rings (SSSR count). The summed E-state index contributed by atoms with van der Waals surface area (Å²) in [6.45, 7) is -0.439. The Hall–Kier alpha value is -4.02. The van der Waals surface area contributed by atoms with Crippen molar-refractivity contribution in [3.63, 3.8) is 0 Å². The van der Waals surface area contributed by atoms with Gasteiger partial charge in [0.05, 0.1) is 22.6 Å². The fraction of sp³-hybridized carbons (Fsp3) is 0.0833. The molecule has 35 heavy (non-hydrogen) atoms. The molecule has 9 nitrogen and oxygen atoms in total. The first kappa shape index (κ1) is 24.1. The molecular weight excluding hydrogens is 496 g/mol. The summed E-state index contributed by atoms with van der Waals surface area (Å²) in [7, 11) is 1.53. The number of aromatic carboxylic acids is 1. The van der Waals surface area contributed by atoms with Crippen molar-refractivity contribution in [2.75, 3.05) is 19.0 Å². The average Bonchev–Trinajstić information content (AvgIpc) is 3.39. The normalized spacial score (nSPS) is 14.5. The summed E-state index contributed by atoms with van der Waals surface area (Å²) in [6, 6.07) is 14.2. The predicted octanol–water partition coefficient (Wildman–Crippen LogP) is 4.98. The lowest BCUT2D eigenvalue weighted by molar-refractivity contribution is -0.127.